The van der Waals surface area contributed by atoms with Gasteiger partial charge in [0, 0.05) is 6.54 Å². The number of nitrogens with zero attached hydrogens (tertiary/aromatic N) is 2. The summed E-state index contributed by atoms with van der Waals surface area (Å²) >= 11 is 4.85. The van der Waals surface area contributed by atoms with Crippen molar-refractivity contribution in [3.63, 3.8) is 0 Å². The average Bonchev–Trinajstić information content (AvgIpc) is 3.15. The first-order valence-corrected chi connectivity index (χ1v) is 9.25. The molecule has 2 aromatic heterocycles. The van der Waals surface area contributed by atoms with Gasteiger partial charge in [0.15, 0.2) is 0 Å². The quantitative estimate of drug-likeness (QED) is 0.741. The van der Waals surface area contributed by atoms with Crippen LogP contribution in [0.15, 0.2) is 45.0 Å². The molecular formula is C17H16BrN3OS. The smallest absolute Gasteiger partial charge is 0.268 e. The molecule has 3 heterocycles. The van der Waals surface area contributed by atoms with Crippen molar-refractivity contribution in [2.24, 2.45) is 0 Å². The van der Waals surface area contributed by atoms with Gasteiger partial charge in [0.05, 0.1) is 15.8 Å². The summed E-state index contributed by atoms with van der Waals surface area (Å²) in [6.45, 7) is 2.75. The highest BCUT2D eigenvalue weighted by Crippen LogP contribution is 2.28. The summed E-state index contributed by atoms with van der Waals surface area (Å²) in [7, 11) is 0. The topological polar surface area (TPSA) is 49.0 Å². The number of benzene rings is 1. The second kappa shape index (κ2) is 6.19. The van der Waals surface area contributed by atoms with Crippen LogP contribution < -0.4 is 5.56 Å². The molecule has 0 bridgehead atoms. The molecule has 1 N–H and O–H groups in total. The van der Waals surface area contributed by atoms with E-state index in [1.165, 1.54) is 16.9 Å². The highest BCUT2D eigenvalue weighted by atomic mass is 79.9. The molecule has 23 heavy (non-hydrogen) atoms. The van der Waals surface area contributed by atoms with Crippen LogP contribution in [0.2, 0.25) is 0 Å². The van der Waals surface area contributed by atoms with Gasteiger partial charge in [-0.05, 0) is 46.4 Å². The van der Waals surface area contributed by atoms with Crippen LogP contribution >= 0.6 is 27.3 Å². The largest absolute Gasteiger partial charge is 0.308 e. The molecule has 118 valence electrons. The summed E-state index contributed by atoms with van der Waals surface area (Å²) in [6, 6.07) is 12.6. The highest BCUT2D eigenvalue weighted by Gasteiger charge is 2.24. The van der Waals surface area contributed by atoms with Crippen LogP contribution in [0, 0.1) is 0 Å². The van der Waals surface area contributed by atoms with E-state index in [1.807, 2.05) is 6.07 Å². The number of rotatable bonds is 3. The third kappa shape index (κ3) is 3.11. The fourth-order valence-corrected chi connectivity index (χ4v) is 4.64. The van der Waals surface area contributed by atoms with Gasteiger partial charge in [-0.1, -0.05) is 30.3 Å². The number of nitrogens with one attached hydrogen (secondary N) is 1. The first kappa shape index (κ1) is 15.1. The molecule has 4 rings (SSSR count). The van der Waals surface area contributed by atoms with E-state index in [1.54, 1.807) is 0 Å². The minimum absolute atomic E-state index is 0.0421. The number of likely N-dealkylation sites (tertiary alicyclic amines) is 1. The van der Waals surface area contributed by atoms with E-state index >= 15 is 0 Å². The van der Waals surface area contributed by atoms with Gasteiger partial charge in [-0.2, -0.15) is 0 Å². The molecular weight excluding hydrogens is 374 g/mol. The summed E-state index contributed by atoms with van der Waals surface area (Å²) in [5.74, 6) is 1.32. The standard InChI is InChI=1S/C17H16BrN3OS/c18-14-8-13-16(23-14)17(22)20-15(19-13)10-21-7-6-12(9-21)11-4-2-1-3-5-11/h1-5,8,12H,6-7,9-10H2,(H,19,20,22). The van der Waals surface area contributed by atoms with Gasteiger partial charge in [-0.15, -0.1) is 11.3 Å². The van der Waals surface area contributed by atoms with Crippen LogP contribution in [0.5, 0.6) is 0 Å². The SMILES string of the molecule is O=c1[nH]c(CN2CCC(c3ccccc3)C2)nc2cc(Br)sc12. The Bertz CT molecular complexity index is 890. The average molecular weight is 390 g/mol. The van der Waals surface area contributed by atoms with E-state index in [4.69, 9.17) is 0 Å². The Morgan fingerprint density at radius 2 is 2.17 bits per heavy atom. The van der Waals surface area contributed by atoms with Gasteiger partial charge >= 0.3 is 0 Å². The van der Waals surface area contributed by atoms with Crippen molar-refractivity contribution in [2.45, 2.75) is 18.9 Å². The summed E-state index contributed by atoms with van der Waals surface area (Å²) in [5.41, 5.74) is 2.13. The van der Waals surface area contributed by atoms with Gasteiger partial charge in [-0.25, -0.2) is 4.98 Å². The summed E-state index contributed by atoms with van der Waals surface area (Å²) in [6.07, 6.45) is 1.15. The Morgan fingerprint density at radius 1 is 1.35 bits per heavy atom. The summed E-state index contributed by atoms with van der Waals surface area (Å²) in [4.78, 5) is 22.0. The van der Waals surface area contributed by atoms with Crippen molar-refractivity contribution in [3.05, 3.63) is 61.9 Å². The lowest BCUT2D eigenvalue weighted by molar-refractivity contribution is 0.318. The zero-order valence-corrected chi connectivity index (χ0v) is 14.9. The van der Waals surface area contributed by atoms with Crippen LogP contribution in [0.25, 0.3) is 10.2 Å². The van der Waals surface area contributed by atoms with Gasteiger partial charge in [-0.3, -0.25) is 9.69 Å². The van der Waals surface area contributed by atoms with E-state index in [9.17, 15) is 4.79 Å². The van der Waals surface area contributed by atoms with E-state index in [0.717, 1.165) is 34.6 Å². The fourth-order valence-electron chi connectivity index (χ4n) is 3.22. The molecule has 4 nitrogen and oxygen atoms in total. The zero-order valence-electron chi connectivity index (χ0n) is 12.5. The number of H-pyrrole nitrogens is 1. The first-order chi connectivity index (χ1) is 11.2. The predicted molar refractivity (Wildman–Crippen MR) is 97.0 cm³/mol. The molecule has 0 amide bonds. The fraction of sp³-hybridized carbons (Fsp3) is 0.294. The van der Waals surface area contributed by atoms with Crippen LogP contribution in [-0.4, -0.2) is 28.0 Å². The second-order valence-electron chi connectivity index (χ2n) is 5.91. The van der Waals surface area contributed by atoms with Crippen LogP contribution in [0.4, 0.5) is 0 Å². The van der Waals surface area contributed by atoms with Crippen molar-refractivity contribution < 1.29 is 0 Å². The second-order valence-corrected chi connectivity index (χ2v) is 8.34. The first-order valence-electron chi connectivity index (χ1n) is 7.64. The van der Waals surface area contributed by atoms with Crippen molar-refractivity contribution >= 4 is 37.5 Å². The molecule has 1 unspecified atom stereocenters. The molecule has 0 spiro atoms. The highest BCUT2D eigenvalue weighted by molar-refractivity contribution is 9.11. The Hall–Kier alpha value is -1.50. The maximum atomic E-state index is 12.1. The van der Waals surface area contributed by atoms with E-state index in [2.05, 4.69) is 61.1 Å². The normalized spacial score (nSPS) is 18.7. The molecule has 1 fully saturated rings. The number of aromatic amines is 1. The Labute approximate surface area is 146 Å². The van der Waals surface area contributed by atoms with Crippen LogP contribution in [0.3, 0.4) is 0 Å². The number of hydrogen-bond acceptors (Lipinski definition) is 4. The number of thiophene rings is 1. The molecule has 3 aromatic rings. The molecule has 0 aliphatic carbocycles. The monoisotopic (exact) mass is 389 g/mol. The Morgan fingerprint density at radius 3 is 3.00 bits per heavy atom. The Kier molecular flexibility index (Phi) is 4.05. The van der Waals surface area contributed by atoms with Gasteiger partial charge in [0.1, 0.15) is 10.5 Å². The van der Waals surface area contributed by atoms with Crippen LogP contribution in [0.1, 0.15) is 23.7 Å². The number of hydrogen-bond donors (Lipinski definition) is 1. The van der Waals surface area contributed by atoms with E-state index in [0.29, 0.717) is 17.2 Å². The van der Waals surface area contributed by atoms with Crippen molar-refractivity contribution in [2.75, 3.05) is 13.1 Å². The molecule has 1 aromatic carbocycles. The molecule has 1 saturated heterocycles. The minimum atomic E-state index is -0.0421. The van der Waals surface area contributed by atoms with Gasteiger partial charge in [0.2, 0.25) is 0 Å². The van der Waals surface area contributed by atoms with Gasteiger partial charge in [0.25, 0.3) is 5.56 Å². The third-order valence-electron chi connectivity index (χ3n) is 4.32. The molecule has 1 aliphatic heterocycles. The number of fused-ring (bicyclic) bond motifs is 1. The van der Waals surface area contributed by atoms with Crippen molar-refractivity contribution in [3.8, 4) is 0 Å². The van der Waals surface area contributed by atoms with Crippen molar-refractivity contribution in [1.29, 1.82) is 0 Å². The van der Waals surface area contributed by atoms with Gasteiger partial charge < -0.3 is 4.98 Å². The van der Waals surface area contributed by atoms with Crippen molar-refractivity contribution in [1.82, 2.24) is 14.9 Å². The third-order valence-corrected chi connectivity index (χ3v) is 5.94. The summed E-state index contributed by atoms with van der Waals surface area (Å²) in [5, 5.41) is 0. The maximum Gasteiger partial charge on any atom is 0.268 e. The lowest BCUT2D eigenvalue weighted by atomic mass is 9.99. The van der Waals surface area contributed by atoms with E-state index < -0.39 is 0 Å². The molecule has 6 heteroatoms. The van der Waals surface area contributed by atoms with E-state index in [-0.39, 0.29) is 5.56 Å². The lowest BCUT2D eigenvalue weighted by Gasteiger charge is -2.15. The molecule has 1 atom stereocenters. The molecule has 1 aliphatic rings. The molecule has 0 saturated carbocycles. The minimum Gasteiger partial charge on any atom is -0.308 e. The summed E-state index contributed by atoms with van der Waals surface area (Å²) < 4.78 is 1.62. The van der Waals surface area contributed by atoms with Crippen LogP contribution in [-0.2, 0) is 6.54 Å². The number of halogens is 1. The number of aromatic nitrogens is 2. The lowest BCUT2D eigenvalue weighted by Crippen LogP contribution is -2.23. The Balaban J connectivity index is 1.52. The molecule has 0 radical (unpaired) electrons. The zero-order chi connectivity index (χ0) is 15.8. The maximum absolute atomic E-state index is 12.1. The predicted octanol–water partition coefficient (Wildman–Crippen LogP) is 3.74.